The van der Waals surface area contributed by atoms with Crippen LogP contribution in [-0.4, -0.2) is 39.1 Å². The molecule has 1 aromatic rings. The Kier molecular flexibility index (Phi) is 3.20. The third-order valence-electron chi connectivity index (χ3n) is 4.27. The van der Waals surface area contributed by atoms with E-state index in [-0.39, 0.29) is 5.60 Å². The number of aromatic nitrogens is 2. The van der Waals surface area contributed by atoms with Crippen LogP contribution in [0.1, 0.15) is 43.8 Å². The summed E-state index contributed by atoms with van der Waals surface area (Å²) in [5, 5.41) is 4.60. The van der Waals surface area contributed by atoms with Crippen LogP contribution >= 0.6 is 23.3 Å². The minimum absolute atomic E-state index is 0.143. The van der Waals surface area contributed by atoms with Crippen molar-refractivity contribution >= 4 is 28.4 Å². The molecule has 0 aromatic carbocycles. The Bertz CT molecular complexity index is 454. The lowest BCUT2D eigenvalue weighted by atomic mass is 9.90. The molecule has 4 rings (SSSR count). The monoisotopic (exact) mass is 297 g/mol. The quantitative estimate of drug-likeness (QED) is 0.929. The summed E-state index contributed by atoms with van der Waals surface area (Å²) < 4.78 is 10.5. The second-order valence-corrected chi connectivity index (χ2v) is 7.76. The summed E-state index contributed by atoms with van der Waals surface area (Å²) in [6.45, 7) is 0.881. The highest BCUT2D eigenvalue weighted by molar-refractivity contribution is 7.99. The smallest absolute Gasteiger partial charge is 0.202 e. The van der Waals surface area contributed by atoms with Gasteiger partial charge in [0.25, 0.3) is 0 Å². The summed E-state index contributed by atoms with van der Waals surface area (Å²) >= 11 is 3.55. The third-order valence-corrected chi connectivity index (χ3v) is 6.16. The first kappa shape index (κ1) is 12.4. The molecule has 3 aliphatic rings. The molecule has 1 N–H and O–H groups in total. The zero-order valence-electron chi connectivity index (χ0n) is 10.9. The Morgan fingerprint density at radius 1 is 1.32 bits per heavy atom. The third kappa shape index (κ3) is 2.62. The van der Waals surface area contributed by atoms with Gasteiger partial charge in [-0.05, 0) is 37.9 Å². The molecule has 4 nitrogen and oxygen atoms in total. The zero-order chi connectivity index (χ0) is 12.7. The number of nitrogens with zero attached hydrogens (tertiary/aromatic N) is 2. The Balaban J connectivity index is 1.40. The standard InChI is InChI=1S/C13H19N3OS2/c1-2-9(1)11-15-12(19-16-11)14-10-3-5-17-13(7-10)4-6-18-8-13/h9-10H,1-8H2,(H,14,15,16)/t10-,13+/m1/s1. The van der Waals surface area contributed by atoms with E-state index >= 15 is 0 Å². The maximum atomic E-state index is 6.05. The van der Waals surface area contributed by atoms with Crippen molar-refractivity contribution < 1.29 is 4.74 Å². The van der Waals surface area contributed by atoms with Crippen molar-refractivity contribution in [3.8, 4) is 0 Å². The highest BCUT2D eigenvalue weighted by atomic mass is 32.2. The molecule has 104 valence electrons. The van der Waals surface area contributed by atoms with E-state index in [1.165, 1.54) is 36.5 Å². The molecule has 1 spiro atoms. The Morgan fingerprint density at radius 3 is 3.05 bits per heavy atom. The van der Waals surface area contributed by atoms with Crippen molar-refractivity contribution in [2.24, 2.45) is 0 Å². The van der Waals surface area contributed by atoms with Crippen molar-refractivity contribution in [2.45, 2.75) is 49.7 Å². The second-order valence-electron chi connectivity index (χ2n) is 5.90. The van der Waals surface area contributed by atoms with Gasteiger partial charge in [0.1, 0.15) is 5.82 Å². The number of anilines is 1. The molecule has 2 aliphatic heterocycles. The Labute approximate surface area is 121 Å². The molecular weight excluding hydrogens is 278 g/mol. The molecule has 1 aliphatic carbocycles. The number of nitrogens with one attached hydrogen (secondary N) is 1. The maximum Gasteiger partial charge on any atom is 0.202 e. The van der Waals surface area contributed by atoms with E-state index in [0.29, 0.717) is 12.0 Å². The molecule has 3 heterocycles. The molecule has 6 heteroatoms. The highest BCUT2D eigenvalue weighted by Crippen LogP contribution is 2.41. The van der Waals surface area contributed by atoms with E-state index in [4.69, 9.17) is 4.74 Å². The van der Waals surface area contributed by atoms with Crippen molar-refractivity contribution in [1.29, 1.82) is 0 Å². The molecule has 0 amide bonds. The minimum Gasteiger partial charge on any atom is -0.374 e. The summed E-state index contributed by atoms with van der Waals surface area (Å²) in [4.78, 5) is 4.63. The van der Waals surface area contributed by atoms with Crippen molar-refractivity contribution in [2.75, 3.05) is 23.4 Å². The van der Waals surface area contributed by atoms with Crippen LogP contribution in [0.2, 0.25) is 0 Å². The number of thioether (sulfide) groups is 1. The molecule has 0 unspecified atom stereocenters. The number of hydrogen-bond donors (Lipinski definition) is 1. The first-order valence-corrected chi connectivity index (χ1v) is 9.08. The van der Waals surface area contributed by atoms with Gasteiger partial charge in [0.15, 0.2) is 0 Å². The predicted molar refractivity (Wildman–Crippen MR) is 79.2 cm³/mol. The number of hydrogen-bond acceptors (Lipinski definition) is 6. The van der Waals surface area contributed by atoms with E-state index < -0.39 is 0 Å². The SMILES string of the molecule is C1C[C@@H](Nc2nc(C3CC3)ns2)C[C@]2(CCSC2)O1. The molecular formula is C13H19N3OS2. The van der Waals surface area contributed by atoms with Gasteiger partial charge in [-0.15, -0.1) is 0 Å². The topological polar surface area (TPSA) is 47.0 Å². The summed E-state index contributed by atoms with van der Waals surface area (Å²) in [6.07, 6.45) is 5.96. The van der Waals surface area contributed by atoms with Crippen LogP contribution in [0, 0.1) is 0 Å². The van der Waals surface area contributed by atoms with E-state index in [0.717, 1.165) is 36.2 Å². The van der Waals surface area contributed by atoms with E-state index in [2.05, 4.69) is 14.7 Å². The Morgan fingerprint density at radius 2 is 2.26 bits per heavy atom. The second kappa shape index (κ2) is 4.90. The molecule has 0 radical (unpaired) electrons. The van der Waals surface area contributed by atoms with Gasteiger partial charge in [-0.2, -0.15) is 16.1 Å². The van der Waals surface area contributed by atoms with Gasteiger partial charge < -0.3 is 10.1 Å². The fourth-order valence-corrected chi connectivity index (χ4v) is 5.09. The van der Waals surface area contributed by atoms with Gasteiger partial charge in [0.05, 0.1) is 5.60 Å². The average Bonchev–Trinajstić information content (AvgIpc) is 3.01. The van der Waals surface area contributed by atoms with Crippen LogP contribution in [0.5, 0.6) is 0 Å². The van der Waals surface area contributed by atoms with Crippen LogP contribution < -0.4 is 5.32 Å². The van der Waals surface area contributed by atoms with Gasteiger partial charge >= 0.3 is 0 Å². The summed E-state index contributed by atoms with van der Waals surface area (Å²) in [7, 11) is 0. The van der Waals surface area contributed by atoms with Gasteiger partial charge in [0, 0.05) is 35.9 Å². The lowest BCUT2D eigenvalue weighted by Gasteiger charge is -2.37. The van der Waals surface area contributed by atoms with Crippen LogP contribution in [0.25, 0.3) is 0 Å². The molecule has 3 fully saturated rings. The van der Waals surface area contributed by atoms with E-state index in [1.54, 1.807) is 0 Å². The van der Waals surface area contributed by atoms with Crippen LogP contribution in [0.15, 0.2) is 0 Å². The molecule has 1 saturated carbocycles. The minimum atomic E-state index is 0.143. The fourth-order valence-electron chi connectivity index (χ4n) is 2.99. The number of ether oxygens (including phenoxy) is 1. The number of rotatable bonds is 3. The van der Waals surface area contributed by atoms with Crippen molar-refractivity contribution in [1.82, 2.24) is 9.36 Å². The first-order valence-electron chi connectivity index (χ1n) is 7.15. The summed E-state index contributed by atoms with van der Waals surface area (Å²) in [6, 6.07) is 0.507. The van der Waals surface area contributed by atoms with Gasteiger partial charge in [-0.1, -0.05) is 0 Å². The summed E-state index contributed by atoms with van der Waals surface area (Å²) in [5.41, 5.74) is 0.143. The van der Waals surface area contributed by atoms with Crippen molar-refractivity contribution in [3.05, 3.63) is 5.82 Å². The van der Waals surface area contributed by atoms with Gasteiger partial charge in [0.2, 0.25) is 5.13 Å². The van der Waals surface area contributed by atoms with Crippen LogP contribution in [0.4, 0.5) is 5.13 Å². The first-order chi connectivity index (χ1) is 9.33. The summed E-state index contributed by atoms with van der Waals surface area (Å²) in [5.74, 6) is 4.12. The van der Waals surface area contributed by atoms with Crippen LogP contribution in [-0.2, 0) is 4.74 Å². The lowest BCUT2D eigenvalue weighted by molar-refractivity contribution is -0.0628. The largest absolute Gasteiger partial charge is 0.374 e. The highest BCUT2D eigenvalue weighted by Gasteiger charge is 2.40. The molecule has 2 saturated heterocycles. The molecule has 1 aromatic heterocycles. The maximum absolute atomic E-state index is 6.05. The van der Waals surface area contributed by atoms with Gasteiger partial charge in [-0.3, -0.25) is 0 Å². The molecule has 0 bridgehead atoms. The van der Waals surface area contributed by atoms with Gasteiger partial charge in [-0.25, -0.2) is 4.98 Å². The predicted octanol–water partition coefficient (Wildman–Crippen LogP) is 2.88. The van der Waals surface area contributed by atoms with E-state index in [9.17, 15) is 0 Å². The lowest BCUT2D eigenvalue weighted by Crippen LogP contribution is -2.44. The van der Waals surface area contributed by atoms with E-state index in [1.807, 2.05) is 11.8 Å². The normalized spacial score (nSPS) is 34.8. The molecule has 2 atom stereocenters. The fraction of sp³-hybridized carbons (Fsp3) is 0.846. The Hall–Kier alpha value is -0.330. The van der Waals surface area contributed by atoms with Crippen LogP contribution in [0.3, 0.4) is 0 Å². The average molecular weight is 297 g/mol. The molecule has 19 heavy (non-hydrogen) atoms. The van der Waals surface area contributed by atoms with Crippen molar-refractivity contribution in [3.63, 3.8) is 0 Å². The zero-order valence-corrected chi connectivity index (χ0v) is 12.6.